The van der Waals surface area contributed by atoms with Gasteiger partial charge in [-0.15, -0.1) is 10.2 Å². The molecule has 0 saturated carbocycles. The molecule has 138 valence electrons. The molecule has 0 spiro atoms. The Morgan fingerprint density at radius 3 is 2.68 bits per heavy atom. The first-order chi connectivity index (χ1) is 11.6. The highest BCUT2D eigenvalue weighted by Crippen LogP contribution is 2.34. The smallest absolute Gasteiger partial charge is 0.277 e. The van der Waals surface area contributed by atoms with Crippen molar-refractivity contribution in [2.75, 3.05) is 11.5 Å². The summed E-state index contributed by atoms with van der Waals surface area (Å²) in [5.74, 6) is 2.15. The Morgan fingerprint density at radius 1 is 1.32 bits per heavy atom. The van der Waals surface area contributed by atoms with Gasteiger partial charge in [0.1, 0.15) is 0 Å². The van der Waals surface area contributed by atoms with Crippen molar-refractivity contribution in [2.45, 2.75) is 56.4 Å². The number of thioether (sulfide) groups is 1. The molecule has 0 aromatic carbocycles. The van der Waals surface area contributed by atoms with E-state index < -0.39 is 9.84 Å². The van der Waals surface area contributed by atoms with Gasteiger partial charge in [0.25, 0.3) is 5.22 Å². The lowest BCUT2D eigenvalue weighted by Gasteiger charge is -2.11. The zero-order valence-electron chi connectivity index (χ0n) is 14.7. The van der Waals surface area contributed by atoms with Crippen molar-refractivity contribution >= 4 is 21.6 Å². The lowest BCUT2D eigenvalue weighted by molar-refractivity contribution is 0.362. The van der Waals surface area contributed by atoms with Crippen molar-refractivity contribution in [1.82, 2.24) is 20.3 Å². The molecule has 1 aliphatic rings. The summed E-state index contributed by atoms with van der Waals surface area (Å²) in [7, 11) is -2.90. The first-order valence-corrected chi connectivity index (χ1v) is 10.9. The zero-order chi connectivity index (χ0) is 18.2. The molecule has 2 aromatic heterocycles. The van der Waals surface area contributed by atoms with Gasteiger partial charge in [-0.25, -0.2) is 8.42 Å². The van der Waals surface area contributed by atoms with Crippen LogP contribution in [0.5, 0.6) is 0 Å². The molecule has 8 nitrogen and oxygen atoms in total. The maximum atomic E-state index is 11.5. The van der Waals surface area contributed by atoms with Crippen molar-refractivity contribution in [3.05, 3.63) is 17.6 Å². The molecule has 0 bridgehead atoms. The van der Waals surface area contributed by atoms with E-state index in [0.29, 0.717) is 35.7 Å². The van der Waals surface area contributed by atoms with E-state index in [9.17, 15) is 8.42 Å². The van der Waals surface area contributed by atoms with Crippen LogP contribution in [0.1, 0.15) is 57.0 Å². The lowest BCUT2D eigenvalue weighted by atomic mass is 9.96. The second-order valence-corrected chi connectivity index (χ2v) is 10.9. The average molecular weight is 386 g/mol. The molecule has 0 amide bonds. The molecule has 0 aliphatic carbocycles. The molecular formula is C15H22N4O4S2. The topological polar surface area (TPSA) is 112 Å². The zero-order valence-corrected chi connectivity index (χ0v) is 16.4. The summed E-state index contributed by atoms with van der Waals surface area (Å²) in [6.07, 6.45) is 1.15. The standard InChI is InChI=1S/C15H22N4O4S2/c1-9(12-16-13(19-23-12)15(2,3)4)24-14-18-17-11(22-14)7-10-5-6-25(20,21)8-10/h9-10H,5-8H2,1-4H3/t9-,10+/m0/s1. The molecular weight excluding hydrogens is 364 g/mol. The van der Waals surface area contributed by atoms with Crippen LogP contribution in [-0.4, -0.2) is 40.3 Å². The van der Waals surface area contributed by atoms with E-state index in [1.54, 1.807) is 0 Å². The normalized spacial score (nSPS) is 21.5. The molecule has 0 unspecified atom stereocenters. The first-order valence-electron chi connectivity index (χ1n) is 8.16. The predicted molar refractivity (Wildman–Crippen MR) is 92.0 cm³/mol. The number of sulfone groups is 1. The summed E-state index contributed by atoms with van der Waals surface area (Å²) in [5.41, 5.74) is -0.175. The van der Waals surface area contributed by atoms with Gasteiger partial charge in [-0.1, -0.05) is 37.7 Å². The quantitative estimate of drug-likeness (QED) is 0.715. The molecule has 3 rings (SSSR count). The Morgan fingerprint density at radius 2 is 2.08 bits per heavy atom. The molecule has 1 saturated heterocycles. The van der Waals surface area contributed by atoms with Crippen molar-refractivity contribution < 1.29 is 17.4 Å². The Balaban J connectivity index is 1.60. The van der Waals surface area contributed by atoms with Crippen molar-refractivity contribution in [2.24, 2.45) is 5.92 Å². The van der Waals surface area contributed by atoms with Crippen LogP contribution < -0.4 is 0 Å². The van der Waals surface area contributed by atoms with Crippen molar-refractivity contribution in [3.8, 4) is 0 Å². The highest BCUT2D eigenvalue weighted by molar-refractivity contribution is 7.99. The number of hydrogen-bond donors (Lipinski definition) is 0. The minimum atomic E-state index is -2.90. The van der Waals surface area contributed by atoms with Crippen LogP contribution in [0.25, 0.3) is 0 Å². The van der Waals surface area contributed by atoms with E-state index in [4.69, 9.17) is 8.94 Å². The van der Waals surface area contributed by atoms with Gasteiger partial charge in [0.2, 0.25) is 11.8 Å². The molecule has 3 heterocycles. The Kier molecular flexibility index (Phi) is 4.93. The second kappa shape index (κ2) is 6.71. The largest absolute Gasteiger partial charge is 0.416 e. The summed E-state index contributed by atoms with van der Waals surface area (Å²) < 4.78 is 34.0. The van der Waals surface area contributed by atoms with Gasteiger partial charge in [-0.3, -0.25) is 0 Å². The van der Waals surface area contributed by atoms with Crippen molar-refractivity contribution in [3.63, 3.8) is 0 Å². The van der Waals surface area contributed by atoms with Crippen LogP contribution in [0.3, 0.4) is 0 Å². The van der Waals surface area contributed by atoms with Gasteiger partial charge >= 0.3 is 0 Å². The highest BCUT2D eigenvalue weighted by Gasteiger charge is 2.30. The number of aromatic nitrogens is 4. The average Bonchev–Trinajstić information content (AvgIpc) is 3.18. The fraction of sp³-hybridized carbons (Fsp3) is 0.733. The predicted octanol–water partition coefficient (Wildman–Crippen LogP) is 2.58. The summed E-state index contributed by atoms with van der Waals surface area (Å²) in [6, 6.07) is 0. The first kappa shape index (κ1) is 18.4. The van der Waals surface area contributed by atoms with Gasteiger partial charge < -0.3 is 8.94 Å². The Hall–Kier alpha value is -1.42. The number of nitrogens with zero attached hydrogens (tertiary/aromatic N) is 4. The SMILES string of the molecule is C[C@H](Sc1nnc(C[C@H]2CCS(=O)(=O)C2)o1)c1nc(C(C)(C)C)no1. The fourth-order valence-electron chi connectivity index (χ4n) is 2.55. The van der Waals surface area contributed by atoms with E-state index >= 15 is 0 Å². The van der Waals surface area contributed by atoms with Crippen LogP contribution in [0.15, 0.2) is 14.2 Å². The third kappa shape index (κ3) is 4.60. The van der Waals surface area contributed by atoms with E-state index in [2.05, 4.69) is 20.3 Å². The molecule has 2 atom stereocenters. The Bertz CT molecular complexity index is 838. The minimum absolute atomic E-state index is 0.0611. The molecule has 0 radical (unpaired) electrons. The van der Waals surface area contributed by atoms with Crippen LogP contribution in [-0.2, 0) is 21.7 Å². The molecule has 1 fully saturated rings. The summed E-state index contributed by atoms with van der Waals surface area (Å²) >= 11 is 1.34. The lowest BCUT2D eigenvalue weighted by Crippen LogP contribution is -2.13. The maximum absolute atomic E-state index is 11.5. The van der Waals surface area contributed by atoms with E-state index in [0.717, 1.165) is 0 Å². The Labute approximate surface area is 151 Å². The van der Waals surface area contributed by atoms with Gasteiger partial charge in [0.15, 0.2) is 15.7 Å². The summed E-state index contributed by atoms with van der Waals surface area (Å²) in [5, 5.41) is 12.4. The second-order valence-electron chi connectivity index (χ2n) is 7.40. The van der Waals surface area contributed by atoms with Crippen LogP contribution in [0, 0.1) is 5.92 Å². The van der Waals surface area contributed by atoms with Crippen LogP contribution in [0.2, 0.25) is 0 Å². The summed E-state index contributed by atoms with van der Waals surface area (Å²) in [6.45, 7) is 7.99. The molecule has 2 aromatic rings. The molecule has 25 heavy (non-hydrogen) atoms. The van der Waals surface area contributed by atoms with E-state index in [1.165, 1.54) is 11.8 Å². The van der Waals surface area contributed by atoms with Gasteiger partial charge in [-0.2, -0.15) is 4.98 Å². The molecule has 0 N–H and O–H groups in total. The van der Waals surface area contributed by atoms with Gasteiger partial charge in [-0.05, 0) is 19.3 Å². The minimum Gasteiger partial charge on any atom is -0.416 e. The van der Waals surface area contributed by atoms with Crippen molar-refractivity contribution in [1.29, 1.82) is 0 Å². The highest BCUT2D eigenvalue weighted by atomic mass is 32.2. The van der Waals surface area contributed by atoms with E-state index in [-0.39, 0.29) is 28.1 Å². The third-order valence-corrected chi connectivity index (χ3v) is 6.74. The monoisotopic (exact) mass is 386 g/mol. The number of rotatable bonds is 5. The van der Waals surface area contributed by atoms with Gasteiger partial charge in [0, 0.05) is 11.8 Å². The molecule has 10 heteroatoms. The summed E-state index contributed by atoms with van der Waals surface area (Å²) in [4.78, 5) is 4.43. The third-order valence-electron chi connectivity index (χ3n) is 3.98. The fourth-order valence-corrected chi connectivity index (χ4v) is 5.15. The van der Waals surface area contributed by atoms with Crippen LogP contribution >= 0.6 is 11.8 Å². The maximum Gasteiger partial charge on any atom is 0.277 e. The van der Waals surface area contributed by atoms with E-state index in [1.807, 2.05) is 27.7 Å². The van der Waals surface area contributed by atoms with Gasteiger partial charge in [0.05, 0.1) is 16.8 Å². The molecule has 1 aliphatic heterocycles. The number of hydrogen-bond acceptors (Lipinski definition) is 9. The van der Waals surface area contributed by atoms with Crippen LogP contribution in [0.4, 0.5) is 0 Å².